The molecule has 1 aliphatic carbocycles. The smallest absolute Gasteiger partial charge is 0.223 e. The fraction of sp³-hybridized carbons (Fsp3) is 0.500. The molecule has 0 saturated heterocycles. The van der Waals surface area contributed by atoms with E-state index >= 15 is 0 Å². The molecule has 2 rings (SSSR count). The summed E-state index contributed by atoms with van der Waals surface area (Å²) in [7, 11) is 1.56. The van der Waals surface area contributed by atoms with Gasteiger partial charge in [-0.3, -0.25) is 9.79 Å². The molecule has 1 saturated carbocycles. The molecule has 0 aliphatic heterocycles. The number of nitrogens with one attached hydrogen (secondary N) is 2. The third kappa shape index (κ3) is 5.32. The summed E-state index contributed by atoms with van der Waals surface area (Å²) in [6.07, 6.45) is 3.96. The maximum atomic E-state index is 11.6. The van der Waals surface area contributed by atoms with E-state index in [4.69, 9.17) is 22.1 Å². The zero-order chi connectivity index (χ0) is 16.7. The number of amides is 1. The van der Waals surface area contributed by atoms with Gasteiger partial charge in [0.05, 0.1) is 12.1 Å². The summed E-state index contributed by atoms with van der Waals surface area (Å²) < 4.78 is 5.09. The van der Waals surface area contributed by atoms with Crippen molar-refractivity contribution in [2.45, 2.75) is 25.7 Å². The van der Waals surface area contributed by atoms with E-state index in [0.29, 0.717) is 29.8 Å². The van der Waals surface area contributed by atoms with Gasteiger partial charge in [-0.2, -0.15) is 0 Å². The van der Waals surface area contributed by atoms with Crippen LogP contribution >= 0.6 is 11.6 Å². The number of halogens is 1. The third-order valence-corrected chi connectivity index (χ3v) is 4.11. The van der Waals surface area contributed by atoms with Gasteiger partial charge in [-0.15, -0.1) is 0 Å². The Morgan fingerprint density at radius 2 is 2.26 bits per heavy atom. The van der Waals surface area contributed by atoms with Gasteiger partial charge in [-0.1, -0.05) is 18.0 Å². The van der Waals surface area contributed by atoms with Crippen molar-refractivity contribution < 1.29 is 9.53 Å². The summed E-state index contributed by atoms with van der Waals surface area (Å²) in [5.74, 6) is 1.32. The zero-order valence-electron chi connectivity index (χ0n) is 13.3. The van der Waals surface area contributed by atoms with E-state index < -0.39 is 0 Å². The molecule has 7 heteroatoms. The van der Waals surface area contributed by atoms with Crippen molar-refractivity contribution in [1.82, 2.24) is 5.32 Å². The minimum atomic E-state index is 0.166. The van der Waals surface area contributed by atoms with Gasteiger partial charge in [0.25, 0.3) is 0 Å². The molecule has 0 heterocycles. The molecule has 1 aromatic carbocycles. The molecule has 126 valence electrons. The molecule has 1 fully saturated rings. The van der Waals surface area contributed by atoms with Crippen LogP contribution in [0, 0.1) is 5.92 Å². The number of nitrogens with two attached hydrogens (primary N) is 1. The normalized spacial score (nSPS) is 15.0. The Morgan fingerprint density at radius 1 is 1.48 bits per heavy atom. The third-order valence-electron chi connectivity index (χ3n) is 3.82. The van der Waals surface area contributed by atoms with Crippen molar-refractivity contribution in [3.63, 3.8) is 0 Å². The van der Waals surface area contributed by atoms with Gasteiger partial charge in [0.2, 0.25) is 5.91 Å². The van der Waals surface area contributed by atoms with E-state index in [2.05, 4.69) is 15.6 Å². The summed E-state index contributed by atoms with van der Waals surface area (Å²) in [4.78, 5) is 15.9. The quantitative estimate of drug-likeness (QED) is 0.404. The van der Waals surface area contributed by atoms with Crippen LogP contribution in [0.25, 0.3) is 0 Å². The lowest BCUT2D eigenvalue weighted by Crippen LogP contribution is -2.35. The number of carbonyl (C=O) groups excluding carboxylic acids is 1. The largest absolute Gasteiger partial charge is 0.495 e. The first-order valence-electron chi connectivity index (χ1n) is 7.78. The monoisotopic (exact) mass is 338 g/mol. The standard InChI is InChI=1S/C16H23ClN4O2/c1-23-14-7-6-12(10-13(14)17)21-16(18)20-9-3-8-19-15(22)11-4-2-5-11/h6-7,10-11H,2-5,8-9H2,1H3,(H,19,22)(H3,18,20,21). The average Bonchev–Trinajstić information content (AvgIpc) is 2.45. The molecule has 1 aliphatic rings. The SMILES string of the molecule is COc1ccc(NC(N)=NCCCNC(=O)C2CCC2)cc1Cl. The van der Waals surface area contributed by atoms with E-state index in [1.165, 1.54) is 6.42 Å². The number of nitrogens with zero attached hydrogens (tertiary/aromatic N) is 1. The van der Waals surface area contributed by atoms with Crippen LogP contribution < -0.4 is 21.1 Å². The lowest BCUT2D eigenvalue weighted by molar-refractivity contribution is -0.127. The summed E-state index contributed by atoms with van der Waals surface area (Å²) in [5, 5.41) is 6.40. The van der Waals surface area contributed by atoms with Crippen molar-refractivity contribution in [1.29, 1.82) is 0 Å². The minimum absolute atomic E-state index is 0.166. The molecule has 0 spiro atoms. The molecule has 1 aromatic rings. The molecular formula is C16H23ClN4O2. The number of guanidine groups is 1. The lowest BCUT2D eigenvalue weighted by Gasteiger charge is -2.23. The number of benzene rings is 1. The molecule has 0 aromatic heterocycles. The van der Waals surface area contributed by atoms with Gasteiger partial charge >= 0.3 is 0 Å². The van der Waals surface area contributed by atoms with Crippen LogP contribution in [0.4, 0.5) is 5.69 Å². The first-order chi connectivity index (χ1) is 11.1. The van der Waals surface area contributed by atoms with Gasteiger partial charge in [-0.25, -0.2) is 0 Å². The number of rotatable bonds is 7. The molecule has 0 unspecified atom stereocenters. The van der Waals surface area contributed by atoms with E-state index in [1.54, 1.807) is 19.2 Å². The van der Waals surface area contributed by atoms with E-state index in [-0.39, 0.29) is 11.8 Å². The highest BCUT2D eigenvalue weighted by Gasteiger charge is 2.24. The number of ether oxygens (including phenoxy) is 1. The Kier molecular flexibility index (Phi) is 6.52. The van der Waals surface area contributed by atoms with Crippen molar-refractivity contribution >= 4 is 29.2 Å². The maximum Gasteiger partial charge on any atom is 0.223 e. The fourth-order valence-electron chi connectivity index (χ4n) is 2.24. The summed E-state index contributed by atoms with van der Waals surface area (Å²) in [6, 6.07) is 5.29. The summed E-state index contributed by atoms with van der Waals surface area (Å²) in [6.45, 7) is 1.17. The van der Waals surface area contributed by atoms with E-state index in [9.17, 15) is 4.79 Å². The first kappa shape index (κ1) is 17.4. The molecule has 0 radical (unpaired) electrons. The molecule has 1 amide bonds. The second-order valence-electron chi connectivity index (χ2n) is 5.51. The number of hydrogen-bond acceptors (Lipinski definition) is 3. The fourth-order valence-corrected chi connectivity index (χ4v) is 2.49. The molecular weight excluding hydrogens is 316 g/mol. The predicted molar refractivity (Wildman–Crippen MR) is 93.1 cm³/mol. The van der Waals surface area contributed by atoms with E-state index in [1.807, 2.05) is 6.07 Å². The highest BCUT2D eigenvalue weighted by molar-refractivity contribution is 6.32. The Bertz CT molecular complexity index is 573. The van der Waals surface area contributed by atoms with Crippen LogP contribution in [0.2, 0.25) is 5.02 Å². The van der Waals surface area contributed by atoms with Crippen molar-refractivity contribution in [2.75, 3.05) is 25.5 Å². The van der Waals surface area contributed by atoms with Crippen molar-refractivity contribution in [3.05, 3.63) is 23.2 Å². The van der Waals surface area contributed by atoms with Gasteiger partial charge in [0.1, 0.15) is 5.75 Å². The highest BCUT2D eigenvalue weighted by Crippen LogP contribution is 2.27. The molecule has 23 heavy (non-hydrogen) atoms. The topological polar surface area (TPSA) is 88.7 Å². The number of methoxy groups -OCH3 is 1. The Balaban J connectivity index is 1.68. The Morgan fingerprint density at radius 3 is 2.87 bits per heavy atom. The average molecular weight is 339 g/mol. The van der Waals surface area contributed by atoms with Crippen LogP contribution in [0.1, 0.15) is 25.7 Å². The second kappa shape index (κ2) is 8.62. The Labute approximate surface area is 141 Å². The predicted octanol–water partition coefficient (Wildman–Crippen LogP) is 2.38. The van der Waals surface area contributed by atoms with Crippen LogP contribution in [0.15, 0.2) is 23.2 Å². The number of hydrogen-bond donors (Lipinski definition) is 3. The number of anilines is 1. The van der Waals surface area contributed by atoms with Crippen molar-refractivity contribution in [3.8, 4) is 5.75 Å². The molecule has 0 bridgehead atoms. The number of aliphatic imine (C=N–C) groups is 1. The molecule has 0 atom stereocenters. The second-order valence-corrected chi connectivity index (χ2v) is 5.92. The van der Waals surface area contributed by atoms with Gasteiger partial charge in [-0.05, 0) is 37.5 Å². The highest BCUT2D eigenvalue weighted by atomic mass is 35.5. The van der Waals surface area contributed by atoms with Gasteiger partial charge < -0.3 is 21.1 Å². The van der Waals surface area contributed by atoms with Gasteiger partial charge in [0, 0.05) is 24.7 Å². The lowest BCUT2D eigenvalue weighted by atomic mass is 9.85. The van der Waals surface area contributed by atoms with Crippen molar-refractivity contribution in [2.24, 2.45) is 16.6 Å². The number of carbonyl (C=O) groups is 1. The first-order valence-corrected chi connectivity index (χ1v) is 8.16. The molecule has 4 N–H and O–H groups in total. The maximum absolute atomic E-state index is 11.6. The summed E-state index contributed by atoms with van der Waals surface area (Å²) >= 11 is 6.04. The van der Waals surface area contributed by atoms with Gasteiger partial charge in [0.15, 0.2) is 5.96 Å². The summed E-state index contributed by atoms with van der Waals surface area (Å²) in [5.41, 5.74) is 6.57. The van der Waals surface area contributed by atoms with Crippen LogP contribution in [-0.4, -0.2) is 32.1 Å². The minimum Gasteiger partial charge on any atom is -0.495 e. The Hall–Kier alpha value is -1.95. The van der Waals surface area contributed by atoms with Crippen LogP contribution in [0.3, 0.4) is 0 Å². The molecule has 6 nitrogen and oxygen atoms in total. The van der Waals surface area contributed by atoms with Crippen LogP contribution in [0.5, 0.6) is 5.75 Å². The zero-order valence-corrected chi connectivity index (χ0v) is 14.0. The van der Waals surface area contributed by atoms with Crippen LogP contribution in [-0.2, 0) is 4.79 Å². The van der Waals surface area contributed by atoms with E-state index in [0.717, 1.165) is 24.9 Å².